The molecule has 0 bridgehead atoms. The van der Waals surface area contributed by atoms with Crippen LogP contribution in [0.5, 0.6) is 0 Å². The van der Waals surface area contributed by atoms with Gasteiger partial charge in [-0.25, -0.2) is 6.57 Å². The summed E-state index contributed by atoms with van der Waals surface area (Å²) in [6.45, 7) is 6.56. The third-order valence-corrected chi connectivity index (χ3v) is 2.22. The van der Waals surface area contributed by atoms with E-state index in [1.54, 1.807) is 0 Å². The minimum absolute atomic E-state index is 0.190. The number of hydrogen-bond acceptors (Lipinski definition) is 0. The minimum Gasteiger partial charge on any atom is -0.314 e. The van der Waals surface area contributed by atoms with Crippen LogP contribution < -0.4 is 0 Å². The molecule has 0 heterocycles. The summed E-state index contributed by atoms with van der Waals surface area (Å²) >= 11 is 0. The molecule has 0 saturated heterocycles. The van der Waals surface area contributed by atoms with Gasteiger partial charge in [0.05, 0.1) is 6.67 Å². The Hall–Kier alpha value is -0.580. The third-order valence-electron chi connectivity index (χ3n) is 2.22. The lowest BCUT2D eigenvalue weighted by Crippen LogP contribution is -2.16. The van der Waals surface area contributed by atoms with Gasteiger partial charge in [0, 0.05) is 12.8 Å². The first-order chi connectivity index (χ1) is 4.86. The van der Waals surface area contributed by atoms with Crippen LogP contribution in [0.4, 0.5) is 4.39 Å². The number of alkyl halides is 1. The van der Waals surface area contributed by atoms with Gasteiger partial charge in [-0.1, -0.05) is 0 Å². The molecule has 0 amide bonds. The Kier molecular flexibility index (Phi) is 2.68. The van der Waals surface area contributed by atoms with Crippen LogP contribution in [-0.4, -0.2) is 12.7 Å². The van der Waals surface area contributed by atoms with E-state index in [1.807, 2.05) is 0 Å². The van der Waals surface area contributed by atoms with Gasteiger partial charge in [-0.2, -0.15) is 0 Å². The van der Waals surface area contributed by atoms with Crippen molar-refractivity contribution in [2.75, 3.05) is 6.67 Å². The van der Waals surface area contributed by atoms with Gasteiger partial charge < -0.3 is 4.85 Å². The SMILES string of the molecule is [C-]#[N+]C1CCC(CF)CC1. The van der Waals surface area contributed by atoms with Crippen molar-refractivity contribution in [3.05, 3.63) is 11.4 Å². The predicted octanol–water partition coefficient (Wildman–Crippen LogP) is 2.43. The Morgan fingerprint density at radius 3 is 2.30 bits per heavy atom. The summed E-state index contributed by atoms with van der Waals surface area (Å²) < 4.78 is 12.0. The second kappa shape index (κ2) is 3.55. The Bertz CT molecular complexity index is 131. The summed E-state index contributed by atoms with van der Waals surface area (Å²) in [5, 5.41) is 0. The first-order valence-electron chi connectivity index (χ1n) is 3.79. The highest BCUT2D eigenvalue weighted by atomic mass is 19.1. The van der Waals surface area contributed by atoms with Gasteiger partial charge in [-0.15, -0.1) is 0 Å². The predicted molar refractivity (Wildman–Crippen MR) is 38.3 cm³/mol. The molecule has 1 fully saturated rings. The van der Waals surface area contributed by atoms with Crippen LogP contribution in [0.25, 0.3) is 4.85 Å². The van der Waals surface area contributed by atoms with E-state index in [0.717, 1.165) is 25.7 Å². The van der Waals surface area contributed by atoms with Crippen LogP contribution in [0.15, 0.2) is 0 Å². The molecule has 0 unspecified atom stereocenters. The number of nitrogens with zero attached hydrogens (tertiary/aromatic N) is 1. The molecular weight excluding hydrogens is 129 g/mol. The van der Waals surface area contributed by atoms with Crippen molar-refractivity contribution in [3.63, 3.8) is 0 Å². The smallest absolute Gasteiger partial charge is 0.223 e. The first-order valence-corrected chi connectivity index (χ1v) is 3.79. The fraction of sp³-hybridized carbons (Fsp3) is 0.875. The zero-order valence-corrected chi connectivity index (χ0v) is 6.02. The standard InChI is InChI=1S/C8H12FN/c1-10-8-4-2-7(6-9)3-5-8/h7-8H,2-6H2. The molecule has 1 rings (SSSR count). The lowest BCUT2D eigenvalue weighted by Gasteiger charge is -2.18. The van der Waals surface area contributed by atoms with Crippen LogP contribution in [0.1, 0.15) is 25.7 Å². The molecule has 1 saturated carbocycles. The van der Waals surface area contributed by atoms with Gasteiger partial charge in [-0.3, -0.25) is 4.39 Å². The van der Waals surface area contributed by atoms with E-state index in [-0.39, 0.29) is 18.6 Å². The van der Waals surface area contributed by atoms with Gasteiger partial charge in [0.2, 0.25) is 6.04 Å². The van der Waals surface area contributed by atoms with E-state index in [4.69, 9.17) is 6.57 Å². The number of rotatable bonds is 1. The van der Waals surface area contributed by atoms with Gasteiger partial charge in [0.15, 0.2) is 0 Å². The summed E-state index contributed by atoms with van der Waals surface area (Å²) in [4.78, 5) is 3.44. The quantitative estimate of drug-likeness (QED) is 0.494. The van der Waals surface area contributed by atoms with Crippen molar-refractivity contribution in [1.29, 1.82) is 0 Å². The average Bonchev–Trinajstić information content (AvgIpc) is 2.05. The highest BCUT2D eigenvalue weighted by molar-refractivity contribution is 4.84. The summed E-state index contributed by atoms with van der Waals surface area (Å²) in [5.74, 6) is 0.262. The normalized spacial score (nSPS) is 33.2. The molecule has 0 aliphatic heterocycles. The molecule has 1 aliphatic carbocycles. The molecule has 0 spiro atoms. The molecule has 56 valence electrons. The molecule has 0 atom stereocenters. The Labute approximate surface area is 61.1 Å². The molecule has 0 radical (unpaired) electrons. The molecule has 10 heavy (non-hydrogen) atoms. The third kappa shape index (κ3) is 1.70. The fourth-order valence-electron chi connectivity index (χ4n) is 1.43. The Morgan fingerprint density at radius 2 is 1.90 bits per heavy atom. The van der Waals surface area contributed by atoms with Gasteiger partial charge >= 0.3 is 0 Å². The largest absolute Gasteiger partial charge is 0.314 e. The maximum Gasteiger partial charge on any atom is 0.223 e. The maximum absolute atomic E-state index is 12.0. The Balaban J connectivity index is 2.25. The van der Waals surface area contributed by atoms with Crippen LogP contribution in [0.3, 0.4) is 0 Å². The molecule has 0 aromatic heterocycles. The zero-order valence-electron chi connectivity index (χ0n) is 6.02. The summed E-state index contributed by atoms with van der Waals surface area (Å²) in [6, 6.07) is 0.197. The molecule has 1 aliphatic rings. The molecule has 0 N–H and O–H groups in total. The van der Waals surface area contributed by atoms with E-state index in [0.29, 0.717) is 0 Å². The van der Waals surface area contributed by atoms with Crippen molar-refractivity contribution < 1.29 is 4.39 Å². The van der Waals surface area contributed by atoms with E-state index in [9.17, 15) is 4.39 Å². The van der Waals surface area contributed by atoms with Crippen molar-refractivity contribution in [3.8, 4) is 0 Å². The second-order valence-corrected chi connectivity index (χ2v) is 2.96. The summed E-state index contributed by atoms with van der Waals surface area (Å²) in [5.41, 5.74) is 0. The molecule has 2 heteroatoms. The molecular formula is C8H12FN. The average molecular weight is 141 g/mol. The van der Waals surface area contributed by atoms with Gasteiger partial charge in [0.1, 0.15) is 0 Å². The zero-order chi connectivity index (χ0) is 7.40. The van der Waals surface area contributed by atoms with Crippen molar-refractivity contribution in [2.24, 2.45) is 5.92 Å². The summed E-state index contributed by atoms with van der Waals surface area (Å²) in [6.07, 6.45) is 3.67. The lowest BCUT2D eigenvalue weighted by molar-refractivity contribution is 0.275. The molecule has 1 nitrogen and oxygen atoms in total. The van der Waals surface area contributed by atoms with Gasteiger partial charge in [-0.05, 0) is 18.8 Å². The van der Waals surface area contributed by atoms with Crippen LogP contribution >= 0.6 is 0 Å². The fourth-order valence-corrected chi connectivity index (χ4v) is 1.43. The molecule has 0 aromatic rings. The highest BCUT2D eigenvalue weighted by Crippen LogP contribution is 2.26. The van der Waals surface area contributed by atoms with Crippen molar-refractivity contribution >= 4 is 0 Å². The number of halogens is 1. The Morgan fingerprint density at radius 1 is 1.30 bits per heavy atom. The monoisotopic (exact) mass is 141 g/mol. The van der Waals surface area contributed by atoms with E-state index < -0.39 is 0 Å². The lowest BCUT2D eigenvalue weighted by atomic mass is 9.87. The van der Waals surface area contributed by atoms with Crippen molar-refractivity contribution in [1.82, 2.24) is 0 Å². The van der Waals surface area contributed by atoms with Crippen molar-refractivity contribution in [2.45, 2.75) is 31.7 Å². The summed E-state index contributed by atoms with van der Waals surface area (Å²) in [7, 11) is 0. The topological polar surface area (TPSA) is 4.36 Å². The van der Waals surface area contributed by atoms with Crippen LogP contribution in [-0.2, 0) is 0 Å². The minimum atomic E-state index is -0.190. The van der Waals surface area contributed by atoms with E-state index in [2.05, 4.69) is 4.85 Å². The van der Waals surface area contributed by atoms with Crippen LogP contribution in [0, 0.1) is 12.5 Å². The second-order valence-electron chi connectivity index (χ2n) is 2.96. The number of hydrogen-bond donors (Lipinski definition) is 0. The molecule has 0 aromatic carbocycles. The maximum atomic E-state index is 12.0. The van der Waals surface area contributed by atoms with Gasteiger partial charge in [0.25, 0.3) is 0 Å². The first kappa shape index (κ1) is 7.53. The van der Waals surface area contributed by atoms with Crippen LogP contribution in [0.2, 0.25) is 0 Å². The van der Waals surface area contributed by atoms with E-state index in [1.165, 1.54) is 0 Å². The van der Waals surface area contributed by atoms with E-state index >= 15 is 0 Å². The highest BCUT2D eigenvalue weighted by Gasteiger charge is 2.23.